The Hall–Kier alpha value is -2.40. The van der Waals surface area contributed by atoms with Gasteiger partial charge in [-0.3, -0.25) is 4.79 Å². The first-order chi connectivity index (χ1) is 17.8. The van der Waals surface area contributed by atoms with E-state index in [2.05, 4.69) is 0 Å². The van der Waals surface area contributed by atoms with Crippen molar-refractivity contribution in [1.29, 1.82) is 0 Å². The van der Waals surface area contributed by atoms with Gasteiger partial charge in [0.25, 0.3) is 5.91 Å². The van der Waals surface area contributed by atoms with Gasteiger partial charge in [-0.2, -0.15) is 0 Å². The second-order valence-corrected chi connectivity index (χ2v) is 8.98. The molecule has 1 aromatic heterocycles. The number of ether oxygens (including phenoxy) is 1. The minimum absolute atomic E-state index is 0. The number of hydrogen-bond donors (Lipinski definition) is 2. The van der Waals surface area contributed by atoms with Crippen molar-refractivity contribution in [3.05, 3.63) is 88.2 Å². The summed E-state index contributed by atoms with van der Waals surface area (Å²) in [5.74, 6) is -1.81. The van der Waals surface area contributed by atoms with E-state index in [0.29, 0.717) is 37.2 Å². The van der Waals surface area contributed by atoms with Crippen LogP contribution >= 0.6 is 0 Å². The van der Waals surface area contributed by atoms with Crippen LogP contribution in [0.15, 0.2) is 59.9 Å². The summed E-state index contributed by atoms with van der Waals surface area (Å²) in [4.78, 5) is 43.4. The van der Waals surface area contributed by atoms with E-state index in [1.165, 1.54) is 4.90 Å². The van der Waals surface area contributed by atoms with E-state index in [1.54, 1.807) is 31.2 Å². The Kier molecular flexibility index (Phi) is 10.3. The number of fused-ring (bicyclic) bond motifs is 3. The molecule has 0 bridgehead atoms. The number of aryl methyl sites for hydroxylation is 1. The number of imidazole rings is 1. The molecular formula is C28H27N3Na2O6+2. The number of hydrogen-bond acceptors (Lipinski definition) is 6. The maximum absolute atomic E-state index is 13.0. The fourth-order valence-electron chi connectivity index (χ4n) is 5.18. The third kappa shape index (κ3) is 5.62. The first kappa shape index (κ1) is 31.1. The largest absolute Gasteiger partial charge is 1.00 e. The molecule has 11 heteroatoms. The molecule has 0 saturated carbocycles. The van der Waals surface area contributed by atoms with Crippen LogP contribution in [0, 0.1) is 0 Å². The molecule has 190 valence electrons. The second-order valence-electron chi connectivity index (χ2n) is 8.98. The van der Waals surface area contributed by atoms with Crippen molar-refractivity contribution in [2.75, 3.05) is 13.2 Å². The molecule has 3 aromatic rings. The normalized spacial score (nSPS) is 15.7. The predicted octanol–water partition coefficient (Wildman–Crippen LogP) is -2.32. The zero-order chi connectivity index (χ0) is 26.3. The number of aliphatic hydroxyl groups is 1. The molecule has 0 aliphatic carbocycles. The molecule has 2 N–H and O–H groups in total. The molecule has 2 aromatic carbocycles. The topological polar surface area (TPSA) is 122 Å². The number of carboxylic acid groups (broad SMARTS) is 1. The van der Waals surface area contributed by atoms with Crippen molar-refractivity contribution in [1.82, 2.24) is 14.5 Å². The molecule has 0 spiro atoms. The van der Waals surface area contributed by atoms with Crippen LogP contribution in [-0.2, 0) is 33.7 Å². The van der Waals surface area contributed by atoms with Crippen LogP contribution in [-0.4, -0.2) is 55.7 Å². The van der Waals surface area contributed by atoms with Crippen LogP contribution in [0.1, 0.15) is 53.0 Å². The number of esters is 1. The first-order valence-electron chi connectivity index (χ1n) is 12.3. The third-order valence-electron chi connectivity index (χ3n) is 6.87. The molecule has 1 atom stereocenters. The molecule has 0 fully saturated rings. The summed E-state index contributed by atoms with van der Waals surface area (Å²) < 4.78 is 7.02. The van der Waals surface area contributed by atoms with Crippen molar-refractivity contribution in [3.8, 4) is 11.1 Å². The Balaban J connectivity index is 0.00000210. The predicted molar refractivity (Wildman–Crippen MR) is 134 cm³/mol. The van der Waals surface area contributed by atoms with Crippen molar-refractivity contribution >= 4 is 17.8 Å². The molecular weight excluding hydrogens is 520 g/mol. The number of aromatic nitrogens is 2. The number of carbonyl (C=O) groups is 3. The molecule has 3 heterocycles. The molecule has 2 aliphatic heterocycles. The molecule has 9 nitrogen and oxygen atoms in total. The number of carbonyl (C=O) groups excluding carboxylic acids is 2. The Labute approximate surface area is 270 Å². The summed E-state index contributed by atoms with van der Waals surface area (Å²) in [7, 11) is 0. The Morgan fingerprint density at radius 1 is 1.08 bits per heavy atom. The maximum atomic E-state index is 13.0. The van der Waals surface area contributed by atoms with Crippen LogP contribution in [0.4, 0.5) is 0 Å². The van der Waals surface area contributed by atoms with E-state index < -0.39 is 23.9 Å². The van der Waals surface area contributed by atoms with Gasteiger partial charge in [-0.25, -0.2) is 14.6 Å². The molecule has 1 unspecified atom stereocenters. The van der Waals surface area contributed by atoms with Gasteiger partial charge in [0.2, 0.25) is 0 Å². The zero-order valence-electron chi connectivity index (χ0n) is 22.6. The van der Waals surface area contributed by atoms with Crippen molar-refractivity contribution in [2.45, 2.75) is 39.3 Å². The smallest absolute Gasteiger partial charge is 0.509 e. The monoisotopic (exact) mass is 547 g/mol. The Morgan fingerprint density at radius 3 is 2.41 bits per heavy atom. The molecule has 0 radical (unpaired) electrons. The van der Waals surface area contributed by atoms with Crippen molar-refractivity contribution in [2.24, 2.45) is 0 Å². The summed E-state index contributed by atoms with van der Waals surface area (Å²) in [6.45, 7) is 4.53. The SMILES string of the molecule is CCOC(=O)C1=C(O)C2c3c(nc(CC)n3Cc3ccc(-c4ccccc4C(=O)O)cc3)CCN2C1=O.[Na+].[Na+]. The van der Waals surface area contributed by atoms with Crippen molar-refractivity contribution in [3.63, 3.8) is 0 Å². The van der Waals surface area contributed by atoms with Crippen LogP contribution in [0.3, 0.4) is 0 Å². The Morgan fingerprint density at radius 2 is 1.77 bits per heavy atom. The summed E-state index contributed by atoms with van der Waals surface area (Å²) >= 11 is 0. The van der Waals surface area contributed by atoms with Gasteiger partial charge in [0.1, 0.15) is 17.6 Å². The van der Waals surface area contributed by atoms with Gasteiger partial charge in [0, 0.05) is 25.9 Å². The molecule has 0 saturated heterocycles. The minimum atomic E-state index is -0.983. The van der Waals surface area contributed by atoms with Gasteiger partial charge >= 0.3 is 71.1 Å². The van der Waals surface area contributed by atoms with E-state index in [4.69, 9.17) is 9.72 Å². The average Bonchev–Trinajstić information content (AvgIpc) is 3.38. The summed E-state index contributed by atoms with van der Waals surface area (Å²) in [6, 6.07) is 13.7. The van der Waals surface area contributed by atoms with E-state index in [9.17, 15) is 24.6 Å². The third-order valence-corrected chi connectivity index (χ3v) is 6.87. The van der Waals surface area contributed by atoms with E-state index in [1.807, 2.05) is 35.8 Å². The Bertz CT molecular complexity index is 1450. The molecule has 39 heavy (non-hydrogen) atoms. The molecule has 1 amide bonds. The quantitative estimate of drug-likeness (QED) is 0.194. The number of aliphatic hydroxyl groups excluding tert-OH is 1. The minimum Gasteiger partial charge on any atom is -0.509 e. The average molecular weight is 548 g/mol. The molecule has 2 aliphatic rings. The summed E-state index contributed by atoms with van der Waals surface area (Å²) in [5.41, 5.74) is 3.80. The maximum Gasteiger partial charge on any atom is 1.00 e. The van der Waals surface area contributed by atoms with E-state index >= 15 is 0 Å². The van der Waals surface area contributed by atoms with Crippen molar-refractivity contribution < 1.29 is 88.4 Å². The summed E-state index contributed by atoms with van der Waals surface area (Å²) in [6.07, 6.45) is 1.17. The van der Waals surface area contributed by atoms with Gasteiger partial charge in [-0.1, -0.05) is 49.4 Å². The van der Waals surface area contributed by atoms with Gasteiger partial charge in [-0.15, -0.1) is 0 Å². The number of rotatable bonds is 7. The summed E-state index contributed by atoms with van der Waals surface area (Å²) in [5, 5.41) is 20.6. The fraction of sp³-hybridized carbons (Fsp3) is 0.286. The second kappa shape index (κ2) is 12.8. The zero-order valence-corrected chi connectivity index (χ0v) is 26.6. The number of carboxylic acids is 1. The fourth-order valence-corrected chi connectivity index (χ4v) is 5.18. The van der Waals surface area contributed by atoms with Gasteiger partial charge in [0.05, 0.1) is 23.6 Å². The van der Waals surface area contributed by atoms with E-state index in [0.717, 1.165) is 22.6 Å². The number of nitrogens with zero attached hydrogens (tertiary/aromatic N) is 3. The molecule has 5 rings (SSSR count). The van der Waals surface area contributed by atoms with Crippen LogP contribution in [0.2, 0.25) is 0 Å². The van der Waals surface area contributed by atoms with Gasteiger partial charge in [0.15, 0.2) is 5.57 Å². The van der Waals surface area contributed by atoms with E-state index in [-0.39, 0.29) is 82.6 Å². The number of aromatic carboxylic acids is 1. The van der Waals surface area contributed by atoms with Crippen LogP contribution < -0.4 is 59.1 Å². The number of amides is 1. The van der Waals surface area contributed by atoms with Crippen LogP contribution in [0.5, 0.6) is 0 Å². The standard InChI is InChI=1S/C28H27N3O6.2Na/c1-3-21-29-20-13-14-30-24(25(32)22(26(30)33)28(36)37-4-2)23(20)31(21)15-16-9-11-17(12-10-16)18-7-5-6-8-19(18)27(34)35;;/h5-12,24,32H,3-4,13-15H2,1-2H3,(H,34,35);;/q;2*+1. The first-order valence-corrected chi connectivity index (χ1v) is 12.3. The van der Waals surface area contributed by atoms with Gasteiger partial charge in [-0.05, 0) is 29.7 Å². The van der Waals surface area contributed by atoms with Gasteiger partial charge < -0.3 is 24.4 Å². The number of benzene rings is 2. The van der Waals surface area contributed by atoms with Crippen LogP contribution in [0.25, 0.3) is 11.1 Å².